The average molecular weight is 362 g/mol. The van der Waals surface area contributed by atoms with E-state index in [-0.39, 0.29) is 4.90 Å². The molecule has 7 heteroatoms. The molecule has 0 spiro atoms. The van der Waals surface area contributed by atoms with Crippen molar-refractivity contribution in [2.45, 2.75) is 18.7 Å². The number of likely N-dealkylation sites (N-methyl/N-ethyl adjacent to an activating group) is 1. The quantitative estimate of drug-likeness (QED) is 0.906. The van der Waals surface area contributed by atoms with Gasteiger partial charge in [0.15, 0.2) is 0 Å². The third-order valence-electron chi connectivity index (χ3n) is 4.38. The lowest BCUT2D eigenvalue weighted by atomic mass is 10.1. The third-order valence-corrected chi connectivity index (χ3v) is 5.78. The van der Waals surface area contributed by atoms with Crippen molar-refractivity contribution in [1.82, 2.24) is 0 Å². The Bertz CT molecular complexity index is 910. The summed E-state index contributed by atoms with van der Waals surface area (Å²) in [4.78, 5) is 2.19. The van der Waals surface area contributed by atoms with E-state index in [0.717, 1.165) is 23.4 Å². The molecule has 0 saturated carbocycles. The zero-order chi connectivity index (χ0) is 18.2. The SMILES string of the molecule is COc1cc(C)c(C)cc1S(=O)(=O)Nc1ccc2c(c1)OCCN2C. The molecule has 1 aliphatic heterocycles. The lowest BCUT2D eigenvalue weighted by molar-refractivity contribution is 0.311. The number of hydrogen-bond donors (Lipinski definition) is 1. The lowest BCUT2D eigenvalue weighted by Crippen LogP contribution is -2.28. The molecule has 0 unspecified atom stereocenters. The first-order valence-corrected chi connectivity index (χ1v) is 9.46. The topological polar surface area (TPSA) is 67.9 Å². The van der Waals surface area contributed by atoms with E-state index in [1.807, 2.05) is 27.0 Å². The van der Waals surface area contributed by atoms with Gasteiger partial charge in [-0.15, -0.1) is 0 Å². The van der Waals surface area contributed by atoms with Gasteiger partial charge in [-0.1, -0.05) is 0 Å². The third kappa shape index (κ3) is 3.37. The number of nitrogens with one attached hydrogen (secondary N) is 1. The van der Waals surface area contributed by atoms with Crippen molar-refractivity contribution < 1.29 is 17.9 Å². The number of hydrogen-bond acceptors (Lipinski definition) is 5. The minimum Gasteiger partial charge on any atom is -0.495 e. The van der Waals surface area contributed by atoms with Gasteiger partial charge in [-0.25, -0.2) is 8.42 Å². The van der Waals surface area contributed by atoms with E-state index in [9.17, 15) is 8.42 Å². The van der Waals surface area contributed by atoms with Crippen LogP contribution in [0.2, 0.25) is 0 Å². The van der Waals surface area contributed by atoms with Crippen molar-refractivity contribution in [1.29, 1.82) is 0 Å². The second-order valence-corrected chi connectivity index (χ2v) is 7.80. The molecule has 0 saturated heterocycles. The molecule has 3 rings (SSSR count). The van der Waals surface area contributed by atoms with Crippen molar-refractivity contribution in [3.05, 3.63) is 41.5 Å². The second kappa shape index (κ2) is 6.48. The Kier molecular flexibility index (Phi) is 4.51. The van der Waals surface area contributed by atoms with E-state index < -0.39 is 10.0 Å². The summed E-state index contributed by atoms with van der Waals surface area (Å²) in [6.45, 7) is 5.16. The van der Waals surface area contributed by atoms with Crippen LogP contribution in [0.5, 0.6) is 11.5 Å². The fourth-order valence-corrected chi connectivity index (χ4v) is 4.05. The Morgan fingerprint density at radius 3 is 2.60 bits per heavy atom. The summed E-state index contributed by atoms with van der Waals surface area (Å²) in [5.74, 6) is 0.991. The fourth-order valence-electron chi connectivity index (χ4n) is 2.76. The number of aryl methyl sites for hydroxylation is 2. The predicted molar refractivity (Wildman–Crippen MR) is 98.5 cm³/mol. The Morgan fingerprint density at radius 1 is 1.16 bits per heavy atom. The molecule has 2 aromatic carbocycles. The molecule has 0 aliphatic carbocycles. The van der Waals surface area contributed by atoms with Crippen LogP contribution >= 0.6 is 0 Å². The van der Waals surface area contributed by atoms with Gasteiger partial charge in [0.1, 0.15) is 23.0 Å². The minimum atomic E-state index is -3.78. The van der Waals surface area contributed by atoms with E-state index in [4.69, 9.17) is 9.47 Å². The van der Waals surface area contributed by atoms with Crippen molar-refractivity contribution in [2.75, 3.05) is 36.9 Å². The van der Waals surface area contributed by atoms with Crippen molar-refractivity contribution in [2.24, 2.45) is 0 Å². The zero-order valence-corrected chi connectivity index (χ0v) is 15.6. The first-order valence-electron chi connectivity index (χ1n) is 7.98. The highest BCUT2D eigenvalue weighted by atomic mass is 32.2. The summed E-state index contributed by atoms with van der Waals surface area (Å²) >= 11 is 0. The van der Waals surface area contributed by atoms with Crippen LogP contribution in [0, 0.1) is 13.8 Å². The van der Waals surface area contributed by atoms with Crippen LogP contribution in [0.3, 0.4) is 0 Å². The highest BCUT2D eigenvalue weighted by Crippen LogP contribution is 2.35. The molecule has 0 atom stereocenters. The summed E-state index contributed by atoms with van der Waals surface area (Å²) < 4.78 is 39.2. The molecule has 1 N–H and O–H groups in total. The van der Waals surface area contributed by atoms with Gasteiger partial charge in [0, 0.05) is 13.1 Å². The van der Waals surface area contributed by atoms with E-state index >= 15 is 0 Å². The summed E-state index contributed by atoms with van der Waals surface area (Å²) in [6, 6.07) is 8.64. The highest BCUT2D eigenvalue weighted by Gasteiger charge is 2.22. The van der Waals surface area contributed by atoms with E-state index in [2.05, 4.69) is 9.62 Å². The second-order valence-electron chi connectivity index (χ2n) is 6.15. The number of methoxy groups -OCH3 is 1. The summed E-state index contributed by atoms with van der Waals surface area (Å²) in [5.41, 5.74) is 3.25. The van der Waals surface area contributed by atoms with E-state index in [1.54, 1.807) is 24.3 Å². The molecule has 1 heterocycles. The Hall–Kier alpha value is -2.41. The molecular formula is C18H22N2O4S. The molecule has 0 amide bonds. The van der Waals surface area contributed by atoms with Crippen LogP contribution in [0.25, 0.3) is 0 Å². The molecule has 0 fully saturated rings. The molecule has 25 heavy (non-hydrogen) atoms. The number of anilines is 2. The smallest absolute Gasteiger partial charge is 0.265 e. The molecule has 6 nitrogen and oxygen atoms in total. The minimum absolute atomic E-state index is 0.119. The van der Waals surface area contributed by atoms with Crippen LogP contribution in [-0.4, -0.2) is 35.7 Å². The lowest BCUT2D eigenvalue weighted by Gasteiger charge is -2.28. The standard InChI is InChI=1S/C18H22N2O4S/c1-12-9-17(23-4)18(10-13(12)2)25(21,22)19-14-5-6-15-16(11-14)24-8-7-20(15)3/h5-6,9-11,19H,7-8H2,1-4H3. The molecule has 134 valence electrons. The highest BCUT2D eigenvalue weighted by molar-refractivity contribution is 7.92. The van der Waals surface area contributed by atoms with Gasteiger partial charge in [0.05, 0.1) is 25.0 Å². The van der Waals surface area contributed by atoms with Gasteiger partial charge in [0.25, 0.3) is 10.0 Å². The zero-order valence-electron chi connectivity index (χ0n) is 14.8. The van der Waals surface area contributed by atoms with Gasteiger partial charge in [-0.3, -0.25) is 4.72 Å². The van der Waals surface area contributed by atoms with Crippen LogP contribution in [-0.2, 0) is 10.0 Å². The molecule has 1 aliphatic rings. The first kappa shape index (κ1) is 17.4. The van der Waals surface area contributed by atoms with Crippen LogP contribution < -0.4 is 19.1 Å². The number of sulfonamides is 1. The largest absolute Gasteiger partial charge is 0.495 e. The molecule has 0 aromatic heterocycles. The summed E-state index contributed by atoms with van der Waals surface area (Å²) in [7, 11) is -0.338. The van der Waals surface area contributed by atoms with E-state index in [1.165, 1.54) is 7.11 Å². The monoisotopic (exact) mass is 362 g/mol. The maximum atomic E-state index is 12.8. The Balaban J connectivity index is 1.96. The first-order chi connectivity index (χ1) is 11.8. The van der Waals surface area contributed by atoms with Crippen LogP contribution in [0.4, 0.5) is 11.4 Å². The normalized spacial score (nSPS) is 13.8. The van der Waals surface area contributed by atoms with Gasteiger partial charge in [0.2, 0.25) is 0 Å². The van der Waals surface area contributed by atoms with E-state index in [0.29, 0.717) is 23.8 Å². The summed E-state index contributed by atoms with van der Waals surface area (Å²) in [6.07, 6.45) is 0. The van der Waals surface area contributed by atoms with Crippen LogP contribution in [0.15, 0.2) is 35.2 Å². The molecular weight excluding hydrogens is 340 g/mol. The molecule has 0 bridgehead atoms. The maximum absolute atomic E-state index is 12.8. The number of rotatable bonds is 4. The molecule has 0 radical (unpaired) electrons. The van der Waals surface area contributed by atoms with Gasteiger partial charge < -0.3 is 14.4 Å². The Morgan fingerprint density at radius 2 is 1.88 bits per heavy atom. The summed E-state index contributed by atoms with van der Waals surface area (Å²) in [5, 5.41) is 0. The van der Waals surface area contributed by atoms with Crippen molar-refractivity contribution in [3.8, 4) is 11.5 Å². The van der Waals surface area contributed by atoms with Gasteiger partial charge in [-0.2, -0.15) is 0 Å². The fraction of sp³-hybridized carbons (Fsp3) is 0.333. The average Bonchev–Trinajstić information content (AvgIpc) is 2.56. The molecule has 2 aromatic rings. The van der Waals surface area contributed by atoms with Crippen molar-refractivity contribution in [3.63, 3.8) is 0 Å². The number of fused-ring (bicyclic) bond motifs is 1. The van der Waals surface area contributed by atoms with Gasteiger partial charge >= 0.3 is 0 Å². The van der Waals surface area contributed by atoms with Gasteiger partial charge in [-0.05, 0) is 49.2 Å². The number of nitrogens with zero attached hydrogens (tertiary/aromatic N) is 1. The Labute approximate surface area is 148 Å². The predicted octanol–water partition coefficient (Wildman–Crippen LogP) is 2.94. The van der Waals surface area contributed by atoms with Crippen LogP contribution in [0.1, 0.15) is 11.1 Å². The number of ether oxygens (including phenoxy) is 2. The maximum Gasteiger partial charge on any atom is 0.265 e. The number of benzene rings is 2. The van der Waals surface area contributed by atoms with Crippen molar-refractivity contribution >= 4 is 21.4 Å².